The molecule has 0 saturated carbocycles. The molecule has 2 unspecified atom stereocenters. The van der Waals surface area contributed by atoms with Crippen LogP contribution in [0.1, 0.15) is 31.9 Å². The largest absolute Gasteiger partial charge is 0.301 e. The van der Waals surface area contributed by atoms with E-state index in [0.717, 1.165) is 6.42 Å². The predicted molar refractivity (Wildman–Crippen MR) is 84.5 cm³/mol. The van der Waals surface area contributed by atoms with Crippen LogP contribution in [0.25, 0.3) is 0 Å². The highest BCUT2D eigenvalue weighted by molar-refractivity contribution is 5.49. The van der Waals surface area contributed by atoms with Crippen LogP contribution >= 0.6 is 0 Å². The van der Waals surface area contributed by atoms with Crippen LogP contribution in [0, 0.1) is 5.92 Å². The summed E-state index contributed by atoms with van der Waals surface area (Å²) in [5.74, 6) is 0.634. The fourth-order valence-corrected chi connectivity index (χ4v) is 2.89. The van der Waals surface area contributed by atoms with E-state index in [1.165, 1.54) is 11.3 Å². The minimum atomic E-state index is 0.408. The van der Waals surface area contributed by atoms with Crippen LogP contribution in [-0.2, 0) is 0 Å². The lowest BCUT2D eigenvalue weighted by Crippen LogP contribution is -2.38. The lowest BCUT2D eigenvalue weighted by molar-refractivity contribution is 0.445. The van der Waals surface area contributed by atoms with Crippen LogP contribution < -0.4 is 10.4 Å². The molecule has 3 rings (SSSR count). The number of rotatable bonds is 3. The van der Waals surface area contributed by atoms with E-state index in [0.29, 0.717) is 18.0 Å². The Kier molecular flexibility index (Phi) is 3.75. The first-order valence-corrected chi connectivity index (χ1v) is 7.41. The lowest BCUT2D eigenvalue weighted by atomic mass is 9.95. The highest BCUT2D eigenvalue weighted by atomic mass is 15.6. The quantitative estimate of drug-likeness (QED) is 0.897. The fraction of sp³-hybridized carbons (Fsp3) is 0.333. The summed E-state index contributed by atoms with van der Waals surface area (Å²) in [6, 6.07) is 22.3. The molecule has 0 aliphatic carbocycles. The van der Waals surface area contributed by atoms with Gasteiger partial charge < -0.3 is 5.01 Å². The molecular formula is C18H22N2. The molecule has 0 spiro atoms. The van der Waals surface area contributed by atoms with Crippen LogP contribution in [-0.4, -0.2) is 6.04 Å². The highest BCUT2D eigenvalue weighted by Crippen LogP contribution is 2.35. The van der Waals surface area contributed by atoms with Crippen molar-refractivity contribution < 1.29 is 0 Å². The first-order valence-electron chi connectivity index (χ1n) is 7.41. The van der Waals surface area contributed by atoms with Crippen molar-refractivity contribution in [3.63, 3.8) is 0 Å². The molecule has 2 nitrogen and oxygen atoms in total. The monoisotopic (exact) mass is 266 g/mol. The fourth-order valence-electron chi connectivity index (χ4n) is 2.89. The molecule has 20 heavy (non-hydrogen) atoms. The van der Waals surface area contributed by atoms with E-state index in [-0.39, 0.29) is 0 Å². The first-order chi connectivity index (χ1) is 9.75. The minimum absolute atomic E-state index is 0.408. The van der Waals surface area contributed by atoms with Gasteiger partial charge in [0, 0.05) is 6.04 Å². The van der Waals surface area contributed by atoms with Gasteiger partial charge in [0.25, 0.3) is 0 Å². The maximum Gasteiger partial charge on any atom is 0.0720 e. The van der Waals surface area contributed by atoms with E-state index in [2.05, 4.69) is 84.9 Å². The number of anilines is 1. The summed E-state index contributed by atoms with van der Waals surface area (Å²) in [5.41, 5.74) is 6.31. The SMILES string of the molecule is CC(C)C1CC(c2ccccc2)N(c2ccccc2)N1. The number of nitrogens with zero attached hydrogens (tertiary/aromatic N) is 1. The third-order valence-corrected chi connectivity index (χ3v) is 4.12. The van der Waals surface area contributed by atoms with E-state index in [4.69, 9.17) is 0 Å². The van der Waals surface area contributed by atoms with Gasteiger partial charge in [-0.2, -0.15) is 0 Å². The van der Waals surface area contributed by atoms with E-state index in [1.54, 1.807) is 0 Å². The van der Waals surface area contributed by atoms with Crippen molar-refractivity contribution in [1.82, 2.24) is 5.43 Å². The van der Waals surface area contributed by atoms with E-state index in [1.807, 2.05) is 0 Å². The molecule has 1 N–H and O–H groups in total. The summed E-state index contributed by atoms with van der Waals surface area (Å²) in [5, 5.41) is 2.33. The van der Waals surface area contributed by atoms with Crippen molar-refractivity contribution >= 4 is 5.69 Å². The van der Waals surface area contributed by atoms with E-state index in [9.17, 15) is 0 Å². The smallest absolute Gasteiger partial charge is 0.0720 e. The minimum Gasteiger partial charge on any atom is -0.301 e. The summed E-state index contributed by atoms with van der Waals surface area (Å²) in [6.45, 7) is 4.57. The van der Waals surface area contributed by atoms with Gasteiger partial charge in [0.2, 0.25) is 0 Å². The molecule has 2 aromatic rings. The average molecular weight is 266 g/mol. The number of para-hydroxylation sites is 1. The third-order valence-electron chi connectivity index (χ3n) is 4.12. The lowest BCUT2D eigenvalue weighted by Gasteiger charge is -2.27. The molecule has 2 heteroatoms. The molecule has 1 heterocycles. The molecule has 2 atom stereocenters. The molecule has 0 amide bonds. The second-order valence-electron chi connectivity index (χ2n) is 5.85. The molecule has 0 bridgehead atoms. The van der Waals surface area contributed by atoms with Gasteiger partial charge in [0.05, 0.1) is 11.7 Å². The third kappa shape index (κ3) is 2.56. The summed E-state index contributed by atoms with van der Waals surface area (Å²) in [6.07, 6.45) is 1.15. The Morgan fingerprint density at radius 2 is 1.55 bits per heavy atom. The van der Waals surface area contributed by atoms with Crippen LogP contribution in [0.2, 0.25) is 0 Å². The van der Waals surface area contributed by atoms with Gasteiger partial charge in [-0.1, -0.05) is 62.4 Å². The van der Waals surface area contributed by atoms with Gasteiger partial charge in [0.1, 0.15) is 0 Å². The van der Waals surface area contributed by atoms with Crippen molar-refractivity contribution in [1.29, 1.82) is 0 Å². The van der Waals surface area contributed by atoms with Gasteiger partial charge in [0.15, 0.2) is 0 Å². The van der Waals surface area contributed by atoms with Crippen LogP contribution in [0.5, 0.6) is 0 Å². The number of hydrogen-bond donors (Lipinski definition) is 1. The molecule has 1 fully saturated rings. The normalized spacial score (nSPS) is 22.4. The predicted octanol–water partition coefficient (Wildman–Crippen LogP) is 4.17. The van der Waals surface area contributed by atoms with Gasteiger partial charge in [-0.25, -0.2) is 5.43 Å². The van der Waals surface area contributed by atoms with E-state index >= 15 is 0 Å². The Labute approximate surface area is 121 Å². The molecular weight excluding hydrogens is 244 g/mol. The zero-order valence-electron chi connectivity index (χ0n) is 12.2. The Morgan fingerprint density at radius 3 is 2.15 bits per heavy atom. The molecule has 2 aromatic carbocycles. The van der Waals surface area contributed by atoms with Crippen molar-refractivity contribution in [2.45, 2.75) is 32.4 Å². The Bertz CT molecular complexity index is 488. The highest BCUT2D eigenvalue weighted by Gasteiger charge is 2.34. The Morgan fingerprint density at radius 1 is 0.950 bits per heavy atom. The first kappa shape index (κ1) is 13.2. The Balaban J connectivity index is 1.93. The summed E-state index contributed by atoms with van der Waals surface area (Å²) in [7, 11) is 0. The zero-order chi connectivity index (χ0) is 13.9. The second kappa shape index (κ2) is 5.68. The van der Waals surface area contributed by atoms with Gasteiger partial charge >= 0.3 is 0 Å². The maximum absolute atomic E-state index is 3.69. The Hall–Kier alpha value is -1.80. The zero-order valence-corrected chi connectivity index (χ0v) is 12.2. The second-order valence-corrected chi connectivity index (χ2v) is 5.85. The van der Waals surface area contributed by atoms with Crippen molar-refractivity contribution in [2.75, 3.05) is 5.01 Å². The molecule has 1 aliphatic rings. The molecule has 0 aromatic heterocycles. The topological polar surface area (TPSA) is 15.3 Å². The van der Waals surface area contributed by atoms with Gasteiger partial charge in [-0.05, 0) is 30.0 Å². The summed E-state index contributed by atoms with van der Waals surface area (Å²) in [4.78, 5) is 0. The van der Waals surface area contributed by atoms with Crippen LogP contribution in [0.4, 0.5) is 5.69 Å². The number of hydrazine groups is 1. The standard InChI is InChI=1S/C18H22N2/c1-14(2)17-13-18(15-9-5-3-6-10-15)20(19-17)16-11-7-4-8-12-16/h3-12,14,17-19H,13H2,1-2H3. The number of nitrogens with one attached hydrogen (secondary N) is 1. The van der Waals surface area contributed by atoms with Crippen molar-refractivity contribution in [3.8, 4) is 0 Å². The van der Waals surface area contributed by atoms with Crippen LogP contribution in [0.15, 0.2) is 60.7 Å². The number of hydrogen-bond acceptors (Lipinski definition) is 2. The summed E-state index contributed by atoms with van der Waals surface area (Å²) < 4.78 is 0. The molecule has 1 aliphatic heterocycles. The maximum atomic E-state index is 3.69. The van der Waals surface area contributed by atoms with Crippen molar-refractivity contribution in [3.05, 3.63) is 66.2 Å². The summed E-state index contributed by atoms with van der Waals surface area (Å²) >= 11 is 0. The van der Waals surface area contributed by atoms with Crippen LogP contribution in [0.3, 0.4) is 0 Å². The number of benzene rings is 2. The van der Waals surface area contributed by atoms with E-state index < -0.39 is 0 Å². The molecule has 104 valence electrons. The molecule has 1 saturated heterocycles. The van der Waals surface area contributed by atoms with Crippen molar-refractivity contribution in [2.24, 2.45) is 5.92 Å². The average Bonchev–Trinajstić information content (AvgIpc) is 2.94. The van der Waals surface area contributed by atoms with Gasteiger partial charge in [-0.3, -0.25) is 0 Å². The van der Waals surface area contributed by atoms with Gasteiger partial charge in [-0.15, -0.1) is 0 Å². The molecule has 0 radical (unpaired) electrons.